The van der Waals surface area contributed by atoms with Crippen molar-refractivity contribution in [2.45, 2.75) is 43.6 Å². The summed E-state index contributed by atoms with van der Waals surface area (Å²) in [6.07, 6.45) is 6.46. The topological polar surface area (TPSA) is 84.6 Å². The molecular weight excluding hydrogens is 404 g/mol. The predicted molar refractivity (Wildman–Crippen MR) is 109 cm³/mol. The average molecular weight is 427 g/mol. The molecule has 31 heavy (non-hydrogen) atoms. The fraction of sp³-hybridized carbons (Fsp3) is 0.409. The molecule has 2 atom stereocenters. The number of nitrogens with two attached hydrogens (primary N) is 1. The van der Waals surface area contributed by atoms with E-state index >= 15 is 0 Å². The van der Waals surface area contributed by atoms with Crippen molar-refractivity contribution in [3.63, 3.8) is 0 Å². The molecule has 4 heterocycles. The lowest BCUT2D eigenvalue weighted by molar-refractivity contribution is -0.140. The van der Waals surface area contributed by atoms with Gasteiger partial charge in [0, 0.05) is 37.7 Å². The fourth-order valence-corrected chi connectivity index (χ4v) is 4.92. The molecular formula is C22H23F2N5O2. The maximum absolute atomic E-state index is 14.4. The Hall–Kier alpha value is -3.07. The zero-order valence-electron chi connectivity index (χ0n) is 16.9. The minimum atomic E-state index is -0.920. The van der Waals surface area contributed by atoms with Crippen LogP contribution >= 0.6 is 0 Å². The third-order valence-electron chi connectivity index (χ3n) is 6.44. The highest BCUT2D eigenvalue weighted by atomic mass is 19.1. The number of ether oxygens (including phenoxy) is 1. The van der Waals surface area contributed by atoms with E-state index in [0.29, 0.717) is 44.6 Å². The van der Waals surface area contributed by atoms with Crippen molar-refractivity contribution in [1.29, 1.82) is 0 Å². The van der Waals surface area contributed by atoms with Gasteiger partial charge in [0.1, 0.15) is 23.7 Å². The summed E-state index contributed by atoms with van der Waals surface area (Å²) in [6, 6.07) is 4.71. The van der Waals surface area contributed by atoms with Crippen LogP contribution in [0.5, 0.6) is 0 Å². The lowest BCUT2D eigenvalue weighted by Crippen LogP contribution is -2.50. The Morgan fingerprint density at radius 1 is 1.19 bits per heavy atom. The van der Waals surface area contributed by atoms with Gasteiger partial charge < -0.3 is 20.3 Å². The normalized spacial score (nSPS) is 25.0. The molecule has 3 fully saturated rings. The summed E-state index contributed by atoms with van der Waals surface area (Å²) in [7, 11) is 0. The molecule has 1 aromatic heterocycles. The number of hydrogen-bond acceptors (Lipinski definition) is 6. The molecule has 1 spiro atoms. The highest BCUT2D eigenvalue weighted by molar-refractivity contribution is 5.88. The molecule has 5 rings (SSSR count). The average Bonchev–Trinajstić information content (AvgIpc) is 3.29. The molecule has 9 heteroatoms. The van der Waals surface area contributed by atoms with Crippen molar-refractivity contribution in [2.75, 3.05) is 18.0 Å². The van der Waals surface area contributed by atoms with Crippen LogP contribution < -0.4 is 10.6 Å². The van der Waals surface area contributed by atoms with Crippen LogP contribution in [0.25, 0.3) is 6.08 Å². The highest BCUT2D eigenvalue weighted by Gasteiger charge is 2.58. The van der Waals surface area contributed by atoms with Crippen LogP contribution in [0.3, 0.4) is 0 Å². The van der Waals surface area contributed by atoms with E-state index in [1.165, 1.54) is 12.3 Å². The molecule has 3 aliphatic heterocycles. The molecule has 0 radical (unpaired) electrons. The standard InChI is InChI=1S/C22H23F2N5O2/c23-14-1-2-16(24)15(13-14)17-3-4-20-29(17)21(30)22(31-20)7-11-28(12-8-22)19-6-10-26-18(27-19)5-9-25/h1-2,5-6,9-10,13,17,20H,3-4,7-8,11-12,25H2/t17-,20+/m0/s1. The van der Waals surface area contributed by atoms with Crippen LogP contribution in [-0.4, -0.2) is 45.7 Å². The van der Waals surface area contributed by atoms with Gasteiger partial charge in [-0.1, -0.05) is 0 Å². The molecule has 1 aromatic carbocycles. The number of amides is 1. The number of halogens is 2. The van der Waals surface area contributed by atoms with Crippen LogP contribution in [-0.2, 0) is 9.53 Å². The molecule has 3 aliphatic rings. The second-order valence-corrected chi connectivity index (χ2v) is 8.16. The van der Waals surface area contributed by atoms with Crippen molar-refractivity contribution in [3.05, 3.63) is 59.7 Å². The van der Waals surface area contributed by atoms with E-state index in [1.807, 2.05) is 6.07 Å². The van der Waals surface area contributed by atoms with E-state index in [-0.39, 0.29) is 11.5 Å². The number of piperidine rings is 1. The van der Waals surface area contributed by atoms with Gasteiger partial charge in [0.05, 0.1) is 6.04 Å². The number of carbonyl (C=O) groups is 1. The van der Waals surface area contributed by atoms with E-state index in [0.717, 1.165) is 18.0 Å². The SMILES string of the molecule is NC=Cc1nccc(N2CCC3(CC2)O[C@@H]2CC[C@@H](c4cc(F)ccc4F)N2C3=O)n1. The quantitative estimate of drug-likeness (QED) is 0.811. The summed E-state index contributed by atoms with van der Waals surface area (Å²) in [5, 5.41) is 0. The Labute approximate surface area is 178 Å². The fourth-order valence-electron chi connectivity index (χ4n) is 4.92. The minimum Gasteiger partial charge on any atom is -0.404 e. The van der Waals surface area contributed by atoms with E-state index in [2.05, 4.69) is 14.9 Å². The maximum atomic E-state index is 14.4. The van der Waals surface area contributed by atoms with Gasteiger partial charge in [-0.05, 0) is 49.4 Å². The van der Waals surface area contributed by atoms with Crippen LogP contribution in [0, 0.1) is 11.6 Å². The first-order valence-corrected chi connectivity index (χ1v) is 10.4. The second kappa shape index (κ2) is 7.56. The first-order valence-electron chi connectivity index (χ1n) is 10.4. The lowest BCUT2D eigenvalue weighted by Gasteiger charge is -2.38. The number of hydrogen-bond donors (Lipinski definition) is 1. The lowest BCUT2D eigenvalue weighted by atomic mass is 9.89. The van der Waals surface area contributed by atoms with Gasteiger partial charge in [0.15, 0.2) is 11.4 Å². The van der Waals surface area contributed by atoms with Gasteiger partial charge >= 0.3 is 0 Å². The third kappa shape index (κ3) is 3.33. The molecule has 0 unspecified atom stereocenters. The van der Waals surface area contributed by atoms with Crippen LogP contribution in [0.15, 0.2) is 36.7 Å². The van der Waals surface area contributed by atoms with E-state index in [1.54, 1.807) is 17.2 Å². The summed E-state index contributed by atoms with van der Waals surface area (Å²) in [4.78, 5) is 25.8. The van der Waals surface area contributed by atoms with Crippen LogP contribution in [0.4, 0.5) is 14.6 Å². The molecule has 3 saturated heterocycles. The third-order valence-corrected chi connectivity index (χ3v) is 6.44. The molecule has 0 bridgehead atoms. The van der Waals surface area contributed by atoms with Gasteiger partial charge in [-0.25, -0.2) is 18.7 Å². The second-order valence-electron chi connectivity index (χ2n) is 8.16. The van der Waals surface area contributed by atoms with Crippen LogP contribution in [0.1, 0.15) is 43.1 Å². The smallest absolute Gasteiger partial charge is 0.257 e. The molecule has 0 saturated carbocycles. The van der Waals surface area contributed by atoms with Crippen molar-refractivity contribution >= 4 is 17.8 Å². The summed E-state index contributed by atoms with van der Waals surface area (Å²) >= 11 is 0. The number of aromatic nitrogens is 2. The van der Waals surface area contributed by atoms with Gasteiger partial charge in [-0.2, -0.15) is 0 Å². The zero-order chi connectivity index (χ0) is 21.6. The molecule has 0 aliphatic carbocycles. The first-order chi connectivity index (χ1) is 15.0. The van der Waals surface area contributed by atoms with Crippen molar-refractivity contribution in [1.82, 2.24) is 14.9 Å². The predicted octanol–water partition coefficient (Wildman–Crippen LogP) is 2.74. The maximum Gasteiger partial charge on any atom is 0.257 e. The first kappa shape index (κ1) is 19.9. The monoisotopic (exact) mass is 427 g/mol. The highest BCUT2D eigenvalue weighted by Crippen LogP contribution is 2.48. The number of rotatable bonds is 3. The summed E-state index contributed by atoms with van der Waals surface area (Å²) in [5.41, 5.74) is 4.72. The largest absolute Gasteiger partial charge is 0.404 e. The van der Waals surface area contributed by atoms with Crippen molar-refractivity contribution < 1.29 is 18.3 Å². The van der Waals surface area contributed by atoms with E-state index in [9.17, 15) is 13.6 Å². The van der Waals surface area contributed by atoms with Crippen molar-refractivity contribution in [2.24, 2.45) is 5.73 Å². The summed E-state index contributed by atoms with van der Waals surface area (Å²) in [6.45, 7) is 1.18. The Balaban J connectivity index is 1.33. The molecule has 7 nitrogen and oxygen atoms in total. The molecule has 1 amide bonds. The van der Waals surface area contributed by atoms with E-state index < -0.39 is 29.5 Å². The van der Waals surface area contributed by atoms with Gasteiger partial charge in [-0.3, -0.25) is 4.79 Å². The summed E-state index contributed by atoms with van der Waals surface area (Å²) in [5.74, 6) is 0.154. The molecule has 2 aromatic rings. The number of anilines is 1. The Morgan fingerprint density at radius 2 is 2.00 bits per heavy atom. The van der Waals surface area contributed by atoms with Crippen LogP contribution in [0.2, 0.25) is 0 Å². The number of carbonyl (C=O) groups excluding carboxylic acids is 1. The van der Waals surface area contributed by atoms with E-state index in [4.69, 9.17) is 10.5 Å². The van der Waals surface area contributed by atoms with Gasteiger partial charge in [-0.15, -0.1) is 0 Å². The van der Waals surface area contributed by atoms with Gasteiger partial charge in [0.2, 0.25) is 0 Å². The summed E-state index contributed by atoms with van der Waals surface area (Å²) < 4.78 is 34.4. The minimum absolute atomic E-state index is 0.127. The van der Waals surface area contributed by atoms with Gasteiger partial charge in [0.25, 0.3) is 5.91 Å². The Kier molecular flexibility index (Phi) is 4.85. The number of fused-ring (bicyclic) bond motifs is 1. The number of benzene rings is 1. The Morgan fingerprint density at radius 3 is 2.77 bits per heavy atom. The zero-order valence-corrected chi connectivity index (χ0v) is 16.9. The Bertz CT molecular complexity index is 1040. The number of nitrogens with zero attached hydrogens (tertiary/aromatic N) is 4. The molecule has 2 N–H and O–H groups in total. The van der Waals surface area contributed by atoms with Crippen molar-refractivity contribution in [3.8, 4) is 0 Å². The molecule has 162 valence electrons.